The van der Waals surface area contributed by atoms with Gasteiger partial charge in [0.25, 0.3) is 0 Å². The van der Waals surface area contributed by atoms with Crippen LogP contribution in [-0.2, 0) is 6.54 Å². The Bertz CT molecular complexity index is 586. The van der Waals surface area contributed by atoms with E-state index in [1.54, 1.807) is 17.4 Å². The van der Waals surface area contributed by atoms with Crippen LogP contribution in [0.5, 0.6) is 0 Å². The maximum absolute atomic E-state index is 6.27. The first-order valence-corrected chi connectivity index (χ1v) is 7.91. The minimum Gasteiger partial charge on any atom is -0.329 e. The van der Waals surface area contributed by atoms with Crippen molar-refractivity contribution in [3.8, 4) is 0 Å². The molecule has 0 aliphatic rings. The lowest BCUT2D eigenvalue weighted by molar-refractivity contribution is 0.239. The molecule has 0 aliphatic heterocycles. The fraction of sp³-hybridized carbons (Fsp3) is 0.357. The highest BCUT2D eigenvalue weighted by atomic mass is 35.5. The zero-order valence-electron chi connectivity index (χ0n) is 11.4. The number of aromatic nitrogens is 1. The first-order chi connectivity index (χ1) is 9.51. The molecule has 1 atom stereocenters. The topological polar surface area (TPSA) is 42.2 Å². The quantitative estimate of drug-likeness (QED) is 0.904. The molecule has 1 aromatic heterocycles. The fourth-order valence-corrected chi connectivity index (χ4v) is 3.19. The molecule has 1 unspecified atom stereocenters. The van der Waals surface area contributed by atoms with Gasteiger partial charge in [0.05, 0.1) is 10.7 Å². The summed E-state index contributed by atoms with van der Waals surface area (Å²) in [7, 11) is 2.02. The van der Waals surface area contributed by atoms with E-state index in [0.29, 0.717) is 16.6 Å². The van der Waals surface area contributed by atoms with E-state index in [1.165, 1.54) is 0 Å². The van der Waals surface area contributed by atoms with E-state index in [2.05, 4.69) is 15.3 Å². The Morgan fingerprint density at radius 3 is 2.75 bits per heavy atom. The van der Waals surface area contributed by atoms with Crippen molar-refractivity contribution in [1.82, 2.24) is 9.88 Å². The summed E-state index contributed by atoms with van der Waals surface area (Å²) in [5, 5.41) is 4.49. The van der Waals surface area contributed by atoms with Gasteiger partial charge in [0.15, 0.2) is 0 Å². The molecule has 1 heterocycles. The summed E-state index contributed by atoms with van der Waals surface area (Å²) in [6, 6.07) is 5.49. The van der Waals surface area contributed by atoms with E-state index in [0.717, 1.165) is 22.8 Å². The van der Waals surface area contributed by atoms with Gasteiger partial charge >= 0.3 is 0 Å². The third-order valence-electron chi connectivity index (χ3n) is 3.15. The average Bonchev–Trinajstić information content (AvgIpc) is 2.80. The maximum atomic E-state index is 6.27. The molecule has 1 aromatic carbocycles. The van der Waals surface area contributed by atoms with Gasteiger partial charge < -0.3 is 5.73 Å². The van der Waals surface area contributed by atoms with E-state index in [4.69, 9.17) is 28.9 Å². The fourth-order valence-electron chi connectivity index (χ4n) is 2.16. The molecule has 0 spiro atoms. The third-order valence-corrected chi connectivity index (χ3v) is 4.55. The molecule has 2 rings (SSSR count). The van der Waals surface area contributed by atoms with E-state index in [-0.39, 0.29) is 6.04 Å². The number of thiazole rings is 1. The van der Waals surface area contributed by atoms with Gasteiger partial charge in [-0.1, -0.05) is 23.2 Å². The lowest BCUT2D eigenvalue weighted by Crippen LogP contribution is -2.30. The molecule has 0 amide bonds. The molecule has 6 heteroatoms. The zero-order valence-corrected chi connectivity index (χ0v) is 13.8. The van der Waals surface area contributed by atoms with Crippen molar-refractivity contribution in [2.45, 2.75) is 19.5 Å². The van der Waals surface area contributed by atoms with Crippen LogP contribution in [0.2, 0.25) is 10.0 Å². The summed E-state index contributed by atoms with van der Waals surface area (Å²) in [6.45, 7) is 3.21. The largest absolute Gasteiger partial charge is 0.329 e. The molecule has 2 aromatic rings. The molecule has 3 nitrogen and oxygen atoms in total. The highest BCUT2D eigenvalue weighted by Gasteiger charge is 2.19. The molecule has 0 bridgehead atoms. The summed E-state index contributed by atoms with van der Waals surface area (Å²) in [4.78, 5) is 6.62. The molecule has 20 heavy (non-hydrogen) atoms. The van der Waals surface area contributed by atoms with Crippen LogP contribution in [-0.4, -0.2) is 23.5 Å². The van der Waals surface area contributed by atoms with Crippen LogP contribution in [0.3, 0.4) is 0 Å². The molecule has 0 fully saturated rings. The normalized spacial score (nSPS) is 12.9. The zero-order chi connectivity index (χ0) is 14.7. The van der Waals surface area contributed by atoms with Gasteiger partial charge in [-0.2, -0.15) is 0 Å². The predicted molar refractivity (Wildman–Crippen MR) is 86.6 cm³/mol. The van der Waals surface area contributed by atoms with Crippen LogP contribution in [0.1, 0.15) is 22.3 Å². The van der Waals surface area contributed by atoms with E-state index in [1.807, 2.05) is 26.1 Å². The number of likely N-dealkylation sites (N-methyl/N-ethyl adjacent to an activating group) is 1. The van der Waals surface area contributed by atoms with E-state index < -0.39 is 0 Å². The lowest BCUT2D eigenvalue weighted by Gasteiger charge is -2.27. The Labute approximate surface area is 133 Å². The number of hydrogen-bond donors (Lipinski definition) is 1. The minimum atomic E-state index is 0.0169. The molecular weight excluding hydrogens is 313 g/mol. The highest BCUT2D eigenvalue weighted by Crippen LogP contribution is 2.29. The second kappa shape index (κ2) is 6.87. The second-order valence-corrected chi connectivity index (χ2v) is 6.60. The highest BCUT2D eigenvalue weighted by molar-refractivity contribution is 7.09. The first kappa shape index (κ1) is 15.7. The molecule has 2 N–H and O–H groups in total. The number of nitrogens with two attached hydrogens (primary N) is 1. The number of aryl methyl sites for hydroxylation is 1. The van der Waals surface area contributed by atoms with Crippen LogP contribution in [0.25, 0.3) is 0 Å². The summed E-state index contributed by atoms with van der Waals surface area (Å²) < 4.78 is 0. The van der Waals surface area contributed by atoms with Gasteiger partial charge in [0.2, 0.25) is 0 Å². The number of hydrogen-bond acceptors (Lipinski definition) is 4. The first-order valence-electron chi connectivity index (χ1n) is 6.27. The van der Waals surface area contributed by atoms with Crippen molar-refractivity contribution < 1.29 is 0 Å². The van der Waals surface area contributed by atoms with Crippen LogP contribution in [0, 0.1) is 6.92 Å². The molecule has 108 valence electrons. The van der Waals surface area contributed by atoms with Crippen LogP contribution in [0.15, 0.2) is 23.6 Å². The van der Waals surface area contributed by atoms with Crippen LogP contribution >= 0.6 is 34.5 Å². The van der Waals surface area contributed by atoms with Gasteiger partial charge in [0, 0.05) is 34.6 Å². The Balaban J connectivity index is 2.20. The smallest absolute Gasteiger partial charge is 0.0897 e. The standard InChI is InChI=1S/C14H17Cl2N3S/c1-9-18-11(8-20-9)7-19(2)14(6-17)12-5-10(15)3-4-13(12)16/h3-5,8,14H,6-7,17H2,1-2H3. The predicted octanol–water partition coefficient (Wildman–Crippen LogP) is 3.89. The number of benzene rings is 1. The van der Waals surface area contributed by atoms with Crippen molar-refractivity contribution in [3.05, 3.63) is 49.9 Å². The average molecular weight is 330 g/mol. The molecular formula is C14H17Cl2N3S. The van der Waals surface area contributed by atoms with Gasteiger partial charge in [-0.3, -0.25) is 4.90 Å². The van der Waals surface area contributed by atoms with Gasteiger partial charge in [-0.05, 0) is 37.7 Å². The molecule has 0 radical (unpaired) electrons. The Hall–Kier alpha value is -0.650. The summed E-state index contributed by atoms with van der Waals surface area (Å²) >= 11 is 14.0. The van der Waals surface area contributed by atoms with Crippen molar-refractivity contribution in [3.63, 3.8) is 0 Å². The number of rotatable bonds is 5. The van der Waals surface area contributed by atoms with Crippen molar-refractivity contribution >= 4 is 34.5 Å². The molecule has 0 aliphatic carbocycles. The van der Waals surface area contributed by atoms with Gasteiger partial charge in [-0.25, -0.2) is 4.98 Å². The third kappa shape index (κ3) is 3.71. The van der Waals surface area contributed by atoms with Crippen molar-refractivity contribution in [1.29, 1.82) is 0 Å². The van der Waals surface area contributed by atoms with Crippen molar-refractivity contribution in [2.75, 3.05) is 13.6 Å². The van der Waals surface area contributed by atoms with E-state index in [9.17, 15) is 0 Å². The number of nitrogens with zero attached hydrogens (tertiary/aromatic N) is 2. The minimum absolute atomic E-state index is 0.0169. The molecule has 0 saturated heterocycles. The Morgan fingerprint density at radius 2 is 2.15 bits per heavy atom. The SMILES string of the molecule is Cc1nc(CN(C)C(CN)c2cc(Cl)ccc2Cl)cs1. The summed E-state index contributed by atoms with van der Waals surface area (Å²) in [5.74, 6) is 0. The molecule has 0 saturated carbocycles. The Morgan fingerprint density at radius 1 is 1.40 bits per heavy atom. The monoisotopic (exact) mass is 329 g/mol. The second-order valence-electron chi connectivity index (χ2n) is 4.69. The van der Waals surface area contributed by atoms with Gasteiger partial charge in [-0.15, -0.1) is 11.3 Å². The summed E-state index contributed by atoms with van der Waals surface area (Å²) in [6.07, 6.45) is 0. The Kier molecular flexibility index (Phi) is 5.41. The van der Waals surface area contributed by atoms with Crippen LogP contribution in [0.4, 0.5) is 0 Å². The maximum Gasteiger partial charge on any atom is 0.0897 e. The lowest BCUT2D eigenvalue weighted by atomic mass is 10.1. The van der Waals surface area contributed by atoms with Crippen LogP contribution < -0.4 is 5.73 Å². The van der Waals surface area contributed by atoms with Crippen molar-refractivity contribution in [2.24, 2.45) is 5.73 Å². The van der Waals surface area contributed by atoms with Gasteiger partial charge in [0.1, 0.15) is 0 Å². The summed E-state index contributed by atoms with van der Waals surface area (Å²) in [5.41, 5.74) is 7.92. The number of halogens is 2. The van der Waals surface area contributed by atoms with E-state index >= 15 is 0 Å².